The van der Waals surface area contributed by atoms with E-state index in [4.69, 9.17) is 16.3 Å². The molecule has 6 heteroatoms. The number of piperidine rings is 1. The smallest absolute Gasteiger partial charge is 0.282 e. The number of likely N-dealkylation sites (tertiary alicyclic amines) is 1. The Hall–Kier alpha value is -2.79. The third-order valence-corrected chi connectivity index (χ3v) is 6.27. The SMILES string of the molecule is COc1ccccc1C1=C(N2CC(C)CC(C)C2)C(=O)N(c2cc(Cl)ccc2C)C1=O. The number of methoxy groups -OCH3 is 1. The van der Waals surface area contributed by atoms with Crippen LogP contribution in [0.2, 0.25) is 5.02 Å². The molecule has 2 atom stereocenters. The Morgan fingerprint density at radius 3 is 2.35 bits per heavy atom. The minimum Gasteiger partial charge on any atom is -0.496 e. The van der Waals surface area contributed by atoms with Crippen LogP contribution in [0.3, 0.4) is 0 Å². The van der Waals surface area contributed by atoms with E-state index in [9.17, 15) is 9.59 Å². The Morgan fingerprint density at radius 2 is 1.68 bits per heavy atom. The van der Waals surface area contributed by atoms with Crippen molar-refractivity contribution in [2.24, 2.45) is 11.8 Å². The lowest BCUT2D eigenvalue weighted by Gasteiger charge is -2.37. The number of ether oxygens (including phenoxy) is 1. The highest BCUT2D eigenvalue weighted by atomic mass is 35.5. The standard InChI is InChI=1S/C25H27ClN2O3/c1-15-11-16(2)14-27(13-15)23-22(19-7-5-6-8-21(19)31-4)24(29)28(25(23)30)20-12-18(26)10-9-17(20)3/h5-10,12,15-16H,11,13-14H2,1-4H3. The Kier molecular flexibility index (Phi) is 5.80. The van der Waals surface area contributed by atoms with Crippen LogP contribution in [0.4, 0.5) is 5.69 Å². The Balaban J connectivity index is 1.90. The van der Waals surface area contributed by atoms with E-state index in [1.165, 1.54) is 4.90 Å². The molecule has 0 aromatic heterocycles. The van der Waals surface area contributed by atoms with Crippen LogP contribution in [0.15, 0.2) is 48.2 Å². The van der Waals surface area contributed by atoms with Crippen LogP contribution in [-0.4, -0.2) is 36.9 Å². The van der Waals surface area contributed by atoms with E-state index in [0.717, 1.165) is 25.1 Å². The molecule has 5 nitrogen and oxygen atoms in total. The average molecular weight is 439 g/mol. The summed E-state index contributed by atoms with van der Waals surface area (Å²) in [5.41, 5.74) is 2.80. The van der Waals surface area contributed by atoms with E-state index >= 15 is 0 Å². The predicted octanol–water partition coefficient (Wildman–Crippen LogP) is 4.92. The molecule has 162 valence electrons. The van der Waals surface area contributed by atoms with Gasteiger partial charge in [0, 0.05) is 23.7 Å². The number of hydrogen-bond acceptors (Lipinski definition) is 4. The first kappa shape index (κ1) is 21.4. The van der Waals surface area contributed by atoms with E-state index in [0.29, 0.717) is 45.1 Å². The van der Waals surface area contributed by atoms with Gasteiger partial charge in [0.05, 0.1) is 18.4 Å². The van der Waals surface area contributed by atoms with Crippen LogP contribution in [-0.2, 0) is 9.59 Å². The molecular weight excluding hydrogens is 412 g/mol. The van der Waals surface area contributed by atoms with Crippen molar-refractivity contribution in [2.75, 3.05) is 25.1 Å². The summed E-state index contributed by atoms with van der Waals surface area (Å²) < 4.78 is 5.55. The van der Waals surface area contributed by atoms with Gasteiger partial charge in [0.25, 0.3) is 11.8 Å². The second-order valence-corrected chi connectivity index (χ2v) is 9.09. The zero-order valence-corrected chi connectivity index (χ0v) is 19.1. The molecule has 0 aliphatic carbocycles. The van der Waals surface area contributed by atoms with Crippen LogP contribution in [0, 0.1) is 18.8 Å². The lowest BCUT2D eigenvalue weighted by atomic mass is 9.91. The van der Waals surface area contributed by atoms with Gasteiger partial charge in [-0.05, 0) is 48.9 Å². The Bertz CT molecular complexity index is 1070. The number of rotatable bonds is 4. The number of carbonyl (C=O) groups excluding carboxylic acids is 2. The fourth-order valence-electron chi connectivity index (χ4n) is 4.79. The van der Waals surface area contributed by atoms with E-state index in [1.54, 1.807) is 19.2 Å². The molecule has 1 saturated heterocycles. The van der Waals surface area contributed by atoms with Crippen LogP contribution in [0.1, 0.15) is 31.4 Å². The predicted molar refractivity (Wildman–Crippen MR) is 123 cm³/mol. The molecule has 0 saturated carbocycles. The molecule has 2 aromatic rings. The number of amides is 2. The molecule has 0 radical (unpaired) electrons. The molecule has 0 bridgehead atoms. The molecule has 2 aliphatic heterocycles. The van der Waals surface area contributed by atoms with Gasteiger partial charge in [0.15, 0.2) is 0 Å². The molecule has 2 aliphatic rings. The minimum absolute atomic E-state index is 0.308. The van der Waals surface area contributed by atoms with Crippen molar-refractivity contribution >= 4 is 34.7 Å². The van der Waals surface area contributed by atoms with Crippen molar-refractivity contribution in [3.63, 3.8) is 0 Å². The number of halogens is 1. The van der Waals surface area contributed by atoms with Gasteiger partial charge in [-0.25, -0.2) is 4.90 Å². The molecule has 0 N–H and O–H groups in total. The summed E-state index contributed by atoms with van der Waals surface area (Å²) in [4.78, 5) is 30.9. The molecule has 2 unspecified atom stereocenters. The maximum absolute atomic E-state index is 13.8. The third-order valence-electron chi connectivity index (χ3n) is 6.03. The summed E-state index contributed by atoms with van der Waals surface area (Å²) in [6, 6.07) is 12.6. The number of aryl methyl sites for hydroxylation is 1. The van der Waals surface area contributed by atoms with Gasteiger partial charge in [-0.3, -0.25) is 9.59 Å². The summed E-state index contributed by atoms with van der Waals surface area (Å²) in [6.45, 7) is 7.72. The largest absolute Gasteiger partial charge is 0.496 e. The number of anilines is 1. The molecule has 0 spiro atoms. The third kappa shape index (κ3) is 3.83. The number of hydrogen-bond donors (Lipinski definition) is 0. The van der Waals surface area contributed by atoms with E-state index in [1.807, 2.05) is 37.3 Å². The normalized spacial score (nSPS) is 21.8. The van der Waals surface area contributed by atoms with E-state index in [-0.39, 0.29) is 11.8 Å². The van der Waals surface area contributed by atoms with Gasteiger partial charge in [-0.2, -0.15) is 0 Å². The zero-order valence-electron chi connectivity index (χ0n) is 18.3. The summed E-state index contributed by atoms with van der Waals surface area (Å²) in [6.07, 6.45) is 1.10. The number of benzene rings is 2. The van der Waals surface area contributed by atoms with Gasteiger partial charge in [-0.15, -0.1) is 0 Å². The molecular formula is C25H27ClN2O3. The average Bonchev–Trinajstić information content (AvgIpc) is 2.99. The minimum atomic E-state index is -0.347. The number of imide groups is 1. The summed E-state index contributed by atoms with van der Waals surface area (Å²) in [5, 5.41) is 0.480. The van der Waals surface area contributed by atoms with Gasteiger partial charge < -0.3 is 9.64 Å². The first-order valence-corrected chi connectivity index (χ1v) is 11.0. The summed E-state index contributed by atoms with van der Waals surface area (Å²) >= 11 is 6.22. The molecule has 2 amide bonds. The second-order valence-electron chi connectivity index (χ2n) is 8.65. The highest BCUT2D eigenvalue weighted by Gasteiger charge is 2.44. The van der Waals surface area contributed by atoms with Crippen molar-refractivity contribution in [1.82, 2.24) is 4.90 Å². The topological polar surface area (TPSA) is 49.9 Å². The van der Waals surface area contributed by atoms with Crippen molar-refractivity contribution in [2.45, 2.75) is 27.2 Å². The van der Waals surface area contributed by atoms with Gasteiger partial charge >= 0.3 is 0 Å². The maximum atomic E-state index is 13.8. The lowest BCUT2D eigenvalue weighted by molar-refractivity contribution is -0.120. The monoisotopic (exact) mass is 438 g/mol. The summed E-state index contributed by atoms with van der Waals surface area (Å²) in [5.74, 6) is 0.775. The second kappa shape index (κ2) is 8.39. The molecule has 4 rings (SSSR count). The highest BCUT2D eigenvalue weighted by molar-refractivity contribution is 6.46. The molecule has 2 heterocycles. The van der Waals surface area contributed by atoms with Crippen molar-refractivity contribution in [1.29, 1.82) is 0 Å². The van der Waals surface area contributed by atoms with Crippen LogP contribution in [0.5, 0.6) is 5.75 Å². The van der Waals surface area contributed by atoms with Crippen molar-refractivity contribution in [3.8, 4) is 5.75 Å². The summed E-state index contributed by atoms with van der Waals surface area (Å²) in [7, 11) is 1.57. The van der Waals surface area contributed by atoms with Gasteiger partial charge in [0.1, 0.15) is 11.4 Å². The van der Waals surface area contributed by atoms with Gasteiger partial charge in [0.2, 0.25) is 0 Å². The maximum Gasteiger partial charge on any atom is 0.282 e. The molecule has 1 fully saturated rings. The highest BCUT2D eigenvalue weighted by Crippen LogP contribution is 2.41. The number of para-hydroxylation sites is 1. The van der Waals surface area contributed by atoms with E-state index in [2.05, 4.69) is 18.7 Å². The Labute approximate surface area is 188 Å². The molecule has 2 aromatic carbocycles. The van der Waals surface area contributed by atoms with Crippen LogP contribution < -0.4 is 9.64 Å². The van der Waals surface area contributed by atoms with Crippen molar-refractivity contribution < 1.29 is 14.3 Å². The van der Waals surface area contributed by atoms with E-state index < -0.39 is 0 Å². The molecule has 31 heavy (non-hydrogen) atoms. The lowest BCUT2D eigenvalue weighted by Crippen LogP contribution is -2.42. The first-order valence-electron chi connectivity index (χ1n) is 10.6. The number of nitrogens with zero attached hydrogens (tertiary/aromatic N) is 2. The fourth-order valence-corrected chi connectivity index (χ4v) is 4.96. The fraction of sp³-hybridized carbons (Fsp3) is 0.360. The van der Waals surface area contributed by atoms with Gasteiger partial charge in [-0.1, -0.05) is 49.7 Å². The van der Waals surface area contributed by atoms with Crippen molar-refractivity contribution in [3.05, 3.63) is 64.3 Å². The Morgan fingerprint density at radius 1 is 1.00 bits per heavy atom. The van der Waals surface area contributed by atoms with Crippen LogP contribution >= 0.6 is 11.6 Å². The zero-order chi connectivity index (χ0) is 22.3. The quantitative estimate of drug-likeness (QED) is 0.636. The number of carbonyl (C=O) groups is 2. The first-order chi connectivity index (χ1) is 14.8. The van der Waals surface area contributed by atoms with Crippen LogP contribution in [0.25, 0.3) is 5.57 Å².